The maximum atomic E-state index is 12.2. The van der Waals surface area contributed by atoms with E-state index in [1.54, 1.807) is 25.1 Å². The second-order valence-electron chi connectivity index (χ2n) is 4.99. The zero-order valence-electron chi connectivity index (χ0n) is 13.4. The lowest BCUT2D eigenvalue weighted by molar-refractivity contribution is -0.384. The van der Waals surface area contributed by atoms with Gasteiger partial charge in [0, 0.05) is 12.6 Å². The number of carbonyl (C=O) groups is 1. The third-order valence-electron chi connectivity index (χ3n) is 3.26. The number of amides is 1. The lowest BCUT2D eigenvalue weighted by Crippen LogP contribution is -2.16. The monoisotopic (exact) mass is 347 g/mol. The molecule has 1 aromatic heterocycles. The Morgan fingerprint density at radius 2 is 2.21 bits per heavy atom. The zero-order chi connectivity index (χ0) is 17.7. The van der Waals surface area contributed by atoms with Gasteiger partial charge in [-0.3, -0.25) is 14.9 Å². The number of allylic oxidation sites excluding steroid dienone is 1. The van der Waals surface area contributed by atoms with Gasteiger partial charge in [0.15, 0.2) is 5.16 Å². The minimum Gasteiger partial charge on any atom is -0.319 e. The van der Waals surface area contributed by atoms with E-state index in [2.05, 4.69) is 22.1 Å². The van der Waals surface area contributed by atoms with Crippen LogP contribution in [0.5, 0.6) is 0 Å². The van der Waals surface area contributed by atoms with Crippen molar-refractivity contribution in [1.29, 1.82) is 0 Å². The molecule has 0 fully saturated rings. The smallest absolute Gasteiger partial charge is 0.293 e. The number of para-hydroxylation sites is 1. The molecule has 0 saturated carbocycles. The molecule has 0 atom stereocenters. The minimum atomic E-state index is -0.514. The first-order chi connectivity index (χ1) is 11.4. The highest BCUT2D eigenvalue weighted by atomic mass is 32.2. The maximum Gasteiger partial charge on any atom is 0.293 e. The topological polar surface area (TPSA) is 103 Å². The lowest BCUT2D eigenvalue weighted by Gasteiger charge is -2.09. The van der Waals surface area contributed by atoms with E-state index in [1.165, 1.54) is 17.8 Å². The molecule has 0 saturated heterocycles. The van der Waals surface area contributed by atoms with Crippen molar-refractivity contribution in [3.05, 3.63) is 52.4 Å². The largest absolute Gasteiger partial charge is 0.319 e. The number of nitro benzene ring substituents is 1. The summed E-state index contributed by atoms with van der Waals surface area (Å²) in [5, 5.41) is 22.3. The highest BCUT2D eigenvalue weighted by Crippen LogP contribution is 2.28. The summed E-state index contributed by atoms with van der Waals surface area (Å²) in [5.41, 5.74) is 0.726. The molecule has 0 aliphatic heterocycles. The van der Waals surface area contributed by atoms with Crippen molar-refractivity contribution in [2.75, 3.05) is 11.1 Å². The van der Waals surface area contributed by atoms with Crippen LogP contribution in [0.4, 0.5) is 11.4 Å². The van der Waals surface area contributed by atoms with Crippen molar-refractivity contribution in [3.8, 4) is 0 Å². The number of nitrogens with one attached hydrogen (secondary N) is 1. The quantitative estimate of drug-likeness (QED) is 0.357. The molecular formula is C15H17N5O3S. The summed E-state index contributed by atoms with van der Waals surface area (Å²) < 4.78 is 1.83. The van der Waals surface area contributed by atoms with E-state index in [0.717, 1.165) is 5.82 Å². The van der Waals surface area contributed by atoms with Crippen LogP contribution in [-0.2, 0) is 11.3 Å². The van der Waals surface area contributed by atoms with Crippen LogP contribution in [0.1, 0.15) is 11.4 Å². The van der Waals surface area contributed by atoms with Gasteiger partial charge >= 0.3 is 0 Å². The van der Waals surface area contributed by atoms with Gasteiger partial charge in [-0.15, -0.1) is 16.8 Å². The first-order valence-electron chi connectivity index (χ1n) is 7.11. The van der Waals surface area contributed by atoms with Gasteiger partial charge in [-0.2, -0.15) is 0 Å². The highest BCUT2D eigenvalue weighted by molar-refractivity contribution is 7.99. The molecule has 2 rings (SSSR count). The molecule has 2 aromatic rings. The lowest BCUT2D eigenvalue weighted by atomic mass is 10.1. The molecule has 1 amide bonds. The van der Waals surface area contributed by atoms with Crippen LogP contribution in [-0.4, -0.2) is 31.3 Å². The van der Waals surface area contributed by atoms with E-state index in [1.807, 2.05) is 11.5 Å². The molecule has 9 heteroatoms. The van der Waals surface area contributed by atoms with Gasteiger partial charge < -0.3 is 9.88 Å². The van der Waals surface area contributed by atoms with E-state index >= 15 is 0 Å². The standard InChI is InChI=1S/C15H17N5O3S/c1-4-8-19-11(3)17-18-15(19)24-9-13(21)16-14-10(2)6-5-7-12(14)20(22)23/h4-7H,1,8-9H2,2-3H3,(H,16,21). The second-order valence-corrected chi connectivity index (χ2v) is 5.93. The molecule has 0 aliphatic rings. The summed E-state index contributed by atoms with van der Waals surface area (Å²) in [6.07, 6.45) is 1.72. The Morgan fingerprint density at radius 1 is 1.46 bits per heavy atom. The predicted octanol–water partition coefficient (Wildman–Crippen LogP) is 2.72. The molecule has 0 aliphatic carbocycles. The average molecular weight is 347 g/mol. The van der Waals surface area contributed by atoms with Crippen LogP contribution in [0.3, 0.4) is 0 Å². The van der Waals surface area contributed by atoms with Crippen molar-refractivity contribution in [2.45, 2.75) is 25.5 Å². The Morgan fingerprint density at radius 3 is 2.88 bits per heavy atom. The van der Waals surface area contributed by atoms with Crippen molar-refractivity contribution in [3.63, 3.8) is 0 Å². The van der Waals surface area contributed by atoms with Gasteiger partial charge in [0.1, 0.15) is 11.5 Å². The fourth-order valence-electron chi connectivity index (χ4n) is 2.08. The molecule has 24 heavy (non-hydrogen) atoms. The Labute approximate surface area is 143 Å². The molecule has 1 heterocycles. The summed E-state index contributed by atoms with van der Waals surface area (Å²) in [7, 11) is 0. The third kappa shape index (κ3) is 3.99. The van der Waals surface area contributed by atoms with Crippen molar-refractivity contribution in [1.82, 2.24) is 14.8 Å². The van der Waals surface area contributed by atoms with Crippen LogP contribution in [0.25, 0.3) is 0 Å². The number of hydrogen-bond acceptors (Lipinski definition) is 6. The molecule has 126 valence electrons. The summed E-state index contributed by atoms with van der Waals surface area (Å²) in [6.45, 7) is 7.75. The van der Waals surface area contributed by atoms with Crippen LogP contribution in [0.2, 0.25) is 0 Å². The van der Waals surface area contributed by atoms with Gasteiger partial charge in [0.05, 0.1) is 10.7 Å². The Kier molecular flexibility index (Phi) is 5.69. The van der Waals surface area contributed by atoms with Gasteiger partial charge in [0.2, 0.25) is 5.91 Å². The minimum absolute atomic E-state index is 0.0702. The van der Waals surface area contributed by atoms with E-state index in [4.69, 9.17) is 0 Å². The van der Waals surface area contributed by atoms with Crippen LogP contribution in [0, 0.1) is 24.0 Å². The Balaban J connectivity index is 2.07. The van der Waals surface area contributed by atoms with Crippen molar-refractivity contribution < 1.29 is 9.72 Å². The fourth-order valence-corrected chi connectivity index (χ4v) is 2.87. The van der Waals surface area contributed by atoms with Crippen molar-refractivity contribution >= 4 is 29.0 Å². The first-order valence-corrected chi connectivity index (χ1v) is 8.10. The number of aryl methyl sites for hydroxylation is 2. The zero-order valence-corrected chi connectivity index (χ0v) is 14.2. The van der Waals surface area contributed by atoms with Crippen LogP contribution in [0.15, 0.2) is 36.0 Å². The predicted molar refractivity (Wildman–Crippen MR) is 92.1 cm³/mol. The number of carbonyl (C=O) groups excluding carboxylic acids is 1. The summed E-state index contributed by atoms with van der Waals surface area (Å²) in [6, 6.07) is 4.65. The Bertz CT molecular complexity index is 787. The van der Waals surface area contributed by atoms with Gasteiger partial charge in [-0.25, -0.2) is 0 Å². The van der Waals surface area contributed by atoms with E-state index < -0.39 is 4.92 Å². The molecule has 0 spiro atoms. The van der Waals surface area contributed by atoms with Crippen LogP contribution >= 0.6 is 11.8 Å². The number of anilines is 1. The second kappa shape index (κ2) is 7.73. The molecule has 0 bridgehead atoms. The van der Waals surface area contributed by atoms with Gasteiger partial charge in [-0.1, -0.05) is 30.0 Å². The van der Waals surface area contributed by atoms with E-state index in [9.17, 15) is 14.9 Å². The normalized spacial score (nSPS) is 10.4. The van der Waals surface area contributed by atoms with Crippen molar-refractivity contribution in [2.24, 2.45) is 0 Å². The van der Waals surface area contributed by atoms with Crippen LogP contribution < -0.4 is 5.32 Å². The number of aromatic nitrogens is 3. The summed E-state index contributed by atoms with van der Waals surface area (Å²) in [4.78, 5) is 22.7. The maximum absolute atomic E-state index is 12.2. The third-order valence-corrected chi connectivity index (χ3v) is 4.22. The number of benzene rings is 1. The van der Waals surface area contributed by atoms with E-state index in [0.29, 0.717) is 17.3 Å². The number of rotatable bonds is 7. The Hall–Kier alpha value is -2.68. The molecule has 8 nitrogen and oxygen atoms in total. The number of nitro groups is 1. The molecule has 0 radical (unpaired) electrons. The average Bonchev–Trinajstić information content (AvgIpc) is 2.88. The number of thioether (sulfide) groups is 1. The molecular weight excluding hydrogens is 330 g/mol. The molecule has 1 N–H and O–H groups in total. The summed E-state index contributed by atoms with van der Waals surface area (Å²) >= 11 is 1.21. The first kappa shape index (κ1) is 17.7. The number of nitrogens with zero attached hydrogens (tertiary/aromatic N) is 4. The van der Waals surface area contributed by atoms with E-state index in [-0.39, 0.29) is 23.0 Å². The van der Waals surface area contributed by atoms with Gasteiger partial charge in [-0.05, 0) is 19.4 Å². The fraction of sp³-hybridized carbons (Fsp3) is 0.267. The molecule has 0 unspecified atom stereocenters. The van der Waals surface area contributed by atoms with Gasteiger partial charge in [0.25, 0.3) is 5.69 Å². The highest BCUT2D eigenvalue weighted by Gasteiger charge is 2.18. The number of hydrogen-bond donors (Lipinski definition) is 1. The SMILES string of the molecule is C=CCn1c(C)nnc1SCC(=O)Nc1c(C)cccc1[N+](=O)[O-]. The summed E-state index contributed by atoms with van der Waals surface area (Å²) in [5.74, 6) is 0.455. The molecule has 1 aromatic carbocycles.